The zero-order valence-electron chi connectivity index (χ0n) is 18.1. The number of carboxylic acids is 1. The lowest BCUT2D eigenvalue weighted by molar-refractivity contribution is -0.146. The van der Waals surface area contributed by atoms with E-state index in [9.17, 15) is 9.90 Å². The van der Waals surface area contributed by atoms with Gasteiger partial charge in [0.25, 0.3) is 0 Å². The fraction of sp³-hybridized carbons (Fsp3) is 0.160. The number of benzene rings is 2. The molecule has 7 nitrogen and oxygen atoms in total. The number of H-pyrrole nitrogens is 1. The van der Waals surface area contributed by atoms with E-state index < -0.39 is 11.4 Å². The number of oxazole rings is 1. The van der Waals surface area contributed by atoms with Gasteiger partial charge in [-0.25, -0.2) is 9.97 Å². The number of aliphatic carboxylic acids is 1. The molecule has 3 heterocycles. The maximum Gasteiger partial charge on any atom is 0.310 e. The van der Waals surface area contributed by atoms with Crippen LogP contribution in [0.3, 0.4) is 0 Å². The van der Waals surface area contributed by atoms with Crippen molar-refractivity contribution in [3.8, 4) is 33.0 Å². The highest BCUT2D eigenvalue weighted by atomic mass is 32.1. The molecule has 0 radical (unpaired) electrons. The maximum absolute atomic E-state index is 11.5. The van der Waals surface area contributed by atoms with Gasteiger partial charge in [0.1, 0.15) is 0 Å². The molecule has 2 aromatic carbocycles. The Hall–Kier alpha value is -3.91. The molecule has 0 aliphatic heterocycles. The van der Waals surface area contributed by atoms with Crippen LogP contribution in [0.5, 0.6) is 0 Å². The second kappa shape index (κ2) is 8.22. The normalized spacial score (nSPS) is 11.7. The van der Waals surface area contributed by atoms with Gasteiger partial charge in [-0.2, -0.15) is 0 Å². The molecule has 3 aromatic heterocycles. The molecule has 0 unspecified atom stereocenters. The van der Waals surface area contributed by atoms with Crippen LogP contribution in [-0.4, -0.2) is 32.6 Å². The standard InChI is InChI=1S/C25H22N4O3S/c1-25(2,23(30)31)13-28-24-29-21(16-8-6-15(7-9-16)20-12-26-14-32-20)22(33-24)18-4-3-5-19-17(18)10-11-27-19/h3-12,14,27H,13H2,1-2H3,(H,28,29)(H,30,31). The predicted molar refractivity (Wildman–Crippen MR) is 130 cm³/mol. The third kappa shape index (κ3) is 4.01. The van der Waals surface area contributed by atoms with Crippen molar-refractivity contribution in [2.75, 3.05) is 11.9 Å². The van der Waals surface area contributed by atoms with E-state index in [0.717, 1.165) is 38.2 Å². The molecule has 8 heteroatoms. The maximum atomic E-state index is 11.5. The van der Waals surface area contributed by atoms with Gasteiger partial charge >= 0.3 is 5.97 Å². The number of nitrogens with zero attached hydrogens (tertiary/aromatic N) is 2. The van der Waals surface area contributed by atoms with Crippen molar-refractivity contribution in [2.45, 2.75) is 13.8 Å². The lowest BCUT2D eigenvalue weighted by atomic mass is 9.94. The second-order valence-electron chi connectivity index (χ2n) is 8.43. The summed E-state index contributed by atoms with van der Waals surface area (Å²) in [7, 11) is 0. The fourth-order valence-electron chi connectivity index (χ4n) is 3.58. The molecular weight excluding hydrogens is 436 g/mol. The van der Waals surface area contributed by atoms with Gasteiger partial charge in [-0.1, -0.05) is 47.7 Å². The van der Waals surface area contributed by atoms with Gasteiger partial charge in [0.15, 0.2) is 17.3 Å². The van der Waals surface area contributed by atoms with Crippen LogP contribution in [0.15, 0.2) is 71.7 Å². The first kappa shape index (κ1) is 21.0. The molecule has 0 amide bonds. The second-order valence-corrected chi connectivity index (χ2v) is 9.43. The number of thiazole rings is 1. The van der Waals surface area contributed by atoms with Gasteiger partial charge in [0.05, 0.1) is 22.2 Å². The molecule has 166 valence electrons. The third-order valence-corrected chi connectivity index (χ3v) is 6.65. The minimum atomic E-state index is -0.911. The monoisotopic (exact) mass is 458 g/mol. The number of nitrogens with one attached hydrogen (secondary N) is 2. The quantitative estimate of drug-likeness (QED) is 0.271. The van der Waals surface area contributed by atoms with Gasteiger partial charge in [0.2, 0.25) is 0 Å². The van der Waals surface area contributed by atoms with Gasteiger partial charge in [-0.3, -0.25) is 4.79 Å². The van der Waals surface area contributed by atoms with Crippen LogP contribution in [0, 0.1) is 5.41 Å². The molecular formula is C25H22N4O3S. The average Bonchev–Trinajstić information content (AvgIpc) is 3.58. The summed E-state index contributed by atoms with van der Waals surface area (Å²) in [4.78, 5) is 24.7. The molecule has 0 saturated carbocycles. The summed E-state index contributed by atoms with van der Waals surface area (Å²) in [5.74, 6) is -0.150. The first-order valence-electron chi connectivity index (χ1n) is 10.5. The van der Waals surface area contributed by atoms with E-state index in [4.69, 9.17) is 9.40 Å². The lowest BCUT2D eigenvalue weighted by Crippen LogP contribution is -2.31. The van der Waals surface area contributed by atoms with Crippen LogP contribution in [-0.2, 0) is 4.79 Å². The molecule has 5 rings (SSSR count). The zero-order chi connectivity index (χ0) is 23.0. The molecule has 0 atom stereocenters. The fourth-order valence-corrected chi connectivity index (χ4v) is 4.60. The van der Waals surface area contributed by atoms with E-state index >= 15 is 0 Å². The SMILES string of the molecule is CC(C)(CNc1nc(-c2ccc(-c3cnco3)cc2)c(-c2cccc3[nH]ccc23)s1)C(=O)O. The van der Waals surface area contributed by atoms with Gasteiger partial charge < -0.3 is 19.8 Å². The Kier molecular flexibility index (Phi) is 5.22. The molecule has 3 N–H and O–H groups in total. The Labute approximate surface area is 194 Å². The number of hydrogen-bond acceptors (Lipinski definition) is 6. The van der Waals surface area contributed by atoms with Crippen LogP contribution in [0.4, 0.5) is 5.13 Å². The number of aromatic nitrogens is 3. The largest absolute Gasteiger partial charge is 0.481 e. The number of hydrogen-bond donors (Lipinski definition) is 3. The molecule has 0 spiro atoms. The Morgan fingerprint density at radius 1 is 1.15 bits per heavy atom. The van der Waals surface area contributed by atoms with E-state index in [-0.39, 0.29) is 6.54 Å². The summed E-state index contributed by atoms with van der Waals surface area (Å²) in [6.45, 7) is 3.66. The summed E-state index contributed by atoms with van der Waals surface area (Å²) < 4.78 is 5.40. The summed E-state index contributed by atoms with van der Waals surface area (Å²) in [6.07, 6.45) is 5.02. The predicted octanol–water partition coefficient (Wildman–Crippen LogP) is 6.14. The first-order valence-corrected chi connectivity index (χ1v) is 11.3. The molecule has 0 fully saturated rings. The van der Waals surface area contributed by atoms with E-state index in [0.29, 0.717) is 10.9 Å². The number of fused-ring (bicyclic) bond motifs is 1. The van der Waals surface area contributed by atoms with Crippen LogP contribution in [0.25, 0.3) is 43.9 Å². The van der Waals surface area contributed by atoms with E-state index in [2.05, 4.69) is 27.4 Å². The highest BCUT2D eigenvalue weighted by molar-refractivity contribution is 7.19. The average molecular weight is 459 g/mol. The van der Waals surface area contributed by atoms with Crippen molar-refractivity contribution in [2.24, 2.45) is 5.41 Å². The molecule has 33 heavy (non-hydrogen) atoms. The van der Waals surface area contributed by atoms with Crippen LogP contribution in [0.1, 0.15) is 13.8 Å². The van der Waals surface area contributed by atoms with Crippen LogP contribution < -0.4 is 5.32 Å². The van der Waals surface area contributed by atoms with Crippen molar-refractivity contribution >= 4 is 33.3 Å². The minimum absolute atomic E-state index is 0.271. The van der Waals surface area contributed by atoms with Crippen LogP contribution >= 0.6 is 11.3 Å². The molecule has 0 aliphatic carbocycles. The molecule has 0 aliphatic rings. The minimum Gasteiger partial charge on any atom is -0.481 e. The zero-order valence-corrected chi connectivity index (χ0v) is 18.9. The Balaban J connectivity index is 1.57. The molecule has 0 saturated heterocycles. The van der Waals surface area contributed by atoms with Gasteiger partial charge in [-0.15, -0.1) is 0 Å². The van der Waals surface area contributed by atoms with Crippen molar-refractivity contribution in [3.63, 3.8) is 0 Å². The lowest BCUT2D eigenvalue weighted by Gasteiger charge is -2.18. The third-order valence-electron chi connectivity index (χ3n) is 5.60. The Morgan fingerprint density at radius 2 is 1.94 bits per heavy atom. The van der Waals surface area contributed by atoms with Crippen molar-refractivity contribution in [3.05, 3.63) is 67.3 Å². The number of anilines is 1. The molecule has 0 bridgehead atoms. The topological polar surface area (TPSA) is 104 Å². The number of aromatic amines is 1. The van der Waals surface area contributed by atoms with Gasteiger partial charge in [0, 0.05) is 40.3 Å². The first-order chi connectivity index (χ1) is 15.9. The Bertz CT molecular complexity index is 1420. The van der Waals surface area contributed by atoms with Crippen molar-refractivity contribution in [1.82, 2.24) is 15.0 Å². The van der Waals surface area contributed by atoms with Crippen molar-refractivity contribution < 1.29 is 14.3 Å². The molecule has 5 aromatic rings. The highest BCUT2D eigenvalue weighted by Gasteiger charge is 2.27. The van der Waals surface area contributed by atoms with Gasteiger partial charge in [-0.05, 0) is 26.0 Å². The van der Waals surface area contributed by atoms with Crippen LogP contribution in [0.2, 0.25) is 0 Å². The van der Waals surface area contributed by atoms with Crippen molar-refractivity contribution in [1.29, 1.82) is 0 Å². The smallest absolute Gasteiger partial charge is 0.310 e. The summed E-state index contributed by atoms with van der Waals surface area (Å²) in [5, 5.41) is 14.5. The number of rotatable bonds is 7. The number of carboxylic acid groups (broad SMARTS) is 1. The summed E-state index contributed by atoms with van der Waals surface area (Å²) in [6, 6.07) is 16.2. The van der Waals surface area contributed by atoms with E-state index in [1.165, 1.54) is 17.7 Å². The number of carbonyl (C=O) groups is 1. The van der Waals surface area contributed by atoms with E-state index in [1.54, 1.807) is 20.0 Å². The Morgan fingerprint density at radius 3 is 2.67 bits per heavy atom. The highest BCUT2D eigenvalue weighted by Crippen LogP contribution is 2.42. The summed E-state index contributed by atoms with van der Waals surface area (Å²) in [5.41, 5.74) is 3.95. The van der Waals surface area contributed by atoms with E-state index in [1.807, 2.05) is 42.6 Å². The summed E-state index contributed by atoms with van der Waals surface area (Å²) >= 11 is 1.52.